The van der Waals surface area contributed by atoms with Crippen LogP contribution in [0.1, 0.15) is 41.8 Å². The van der Waals surface area contributed by atoms with Gasteiger partial charge in [0.2, 0.25) is 0 Å². The molecule has 0 saturated carbocycles. The molecule has 2 aromatic rings. The Bertz CT molecular complexity index is 769. The van der Waals surface area contributed by atoms with E-state index in [9.17, 15) is 4.79 Å². The summed E-state index contributed by atoms with van der Waals surface area (Å²) in [6.45, 7) is 5.59. The Morgan fingerprint density at radius 2 is 1.68 bits per heavy atom. The van der Waals surface area contributed by atoms with E-state index in [1.807, 2.05) is 55.1 Å². The maximum atomic E-state index is 13.0. The summed E-state index contributed by atoms with van der Waals surface area (Å²) in [6, 6.07) is 18.3. The first-order chi connectivity index (χ1) is 12.2. The van der Waals surface area contributed by atoms with Gasteiger partial charge in [-0.1, -0.05) is 62.4 Å². The molecule has 2 aliphatic rings. The van der Waals surface area contributed by atoms with Crippen LogP contribution in [-0.2, 0) is 12.1 Å². The molecule has 4 rings (SSSR count). The van der Waals surface area contributed by atoms with E-state index in [-0.39, 0.29) is 11.4 Å². The quantitative estimate of drug-likeness (QED) is 0.812. The van der Waals surface area contributed by atoms with Crippen molar-refractivity contribution in [1.29, 1.82) is 0 Å². The predicted octanol–water partition coefficient (Wildman–Crippen LogP) is 4.41. The molecule has 0 bridgehead atoms. The van der Waals surface area contributed by atoms with Crippen molar-refractivity contribution < 1.29 is 4.79 Å². The van der Waals surface area contributed by atoms with Crippen molar-refractivity contribution in [2.45, 2.75) is 32.4 Å². The van der Waals surface area contributed by atoms with Gasteiger partial charge < -0.3 is 9.80 Å². The Kier molecular flexibility index (Phi) is 4.93. The third-order valence-electron chi connectivity index (χ3n) is 4.98. The van der Waals surface area contributed by atoms with Gasteiger partial charge >= 0.3 is 0 Å². The van der Waals surface area contributed by atoms with Gasteiger partial charge in [-0.05, 0) is 35.9 Å². The fraction of sp³-hybridized carbons (Fsp3) is 0.318. The fourth-order valence-electron chi connectivity index (χ4n) is 3.70. The van der Waals surface area contributed by atoms with E-state index in [1.54, 1.807) is 0 Å². The first-order valence-corrected chi connectivity index (χ1v) is 9.06. The van der Waals surface area contributed by atoms with Crippen LogP contribution >= 0.6 is 0 Å². The molecule has 25 heavy (non-hydrogen) atoms. The molecule has 2 heterocycles. The van der Waals surface area contributed by atoms with Crippen LogP contribution in [0.3, 0.4) is 0 Å². The molecule has 0 aromatic heterocycles. The molecular formula is C22H26N2O. The number of rotatable bonds is 2. The molecular weight excluding hydrogens is 308 g/mol. The highest BCUT2D eigenvalue weighted by Crippen LogP contribution is 2.45. The van der Waals surface area contributed by atoms with Gasteiger partial charge in [-0.3, -0.25) is 4.79 Å². The van der Waals surface area contributed by atoms with Crippen LogP contribution in [0.4, 0.5) is 0 Å². The van der Waals surface area contributed by atoms with Gasteiger partial charge in [-0.2, -0.15) is 0 Å². The average Bonchev–Trinajstić information content (AvgIpc) is 2.90. The van der Waals surface area contributed by atoms with Gasteiger partial charge in [-0.25, -0.2) is 0 Å². The molecule has 2 aromatic carbocycles. The molecule has 2 aliphatic heterocycles. The summed E-state index contributed by atoms with van der Waals surface area (Å²) < 4.78 is 0. The second-order valence-corrected chi connectivity index (χ2v) is 6.39. The summed E-state index contributed by atoms with van der Waals surface area (Å²) in [7, 11) is 2.08. The lowest BCUT2D eigenvalue weighted by atomic mass is 9.84. The molecule has 0 saturated heterocycles. The van der Waals surface area contributed by atoms with Gasteiger partial charge in [0.05, 0.1) is 5.54 Å². The van der Waals surface area contributed by atoms with E-state index in [1.165, 1.54) is 5.56 Å². The van der Waals surface area contributed by atoms with Gasteiger partial charge in [0.1, 0.15) is 0 Å². The van der Waals surface area contributed by atoms with Gasteiger partial charge in [-0.15, -0.1) is 0 Å². The lowest BCUT2D eigenvalue weighted by molar-refractivity contribution is 0.0566. The topological polar surface area (TPSA) is 23.6 Å². The Morgan fingerprint density at radius 3 is 2.36 bits per heavy atom. The van der Waals surface area contributed by atoms with E-state index >= 15 is 0 Å². The Hall–Kier alpha value is -2.55. The van der Waals surface area contributed by atoms with Crippen LogP contribution in [0.2, 0.25) is 0 Å². The molecule has 1 spiro atoms. The molecule has 1 amide bonds. The zero-order valence-corrected chi connectivity index (χ0v) is 15.3. The minimum atomic E-state index is -0.309. The highest BCUT2D eigenvalue weighted by molar-refractivity contribution is 6.00. The summed E-state index contributed by atoms with van der Waals surface area (Å²) >= 11 is 0. The summed E-state index contributed by atoms with van der Waals surface area (Å²) in [5, 5.41) is 0. The van der Waals surface area contributed by atoms with Gasteiger partial charge in [0.15, 0.2) is 0 Å². The molecule has 1 unspecified atom stereocenters. The second kappa shape index (κ2) is 7.14. The van der Waals surface area contributed by atoms with Crippen molar-refractivity contribution in [2.24, 2.45) is 0 Å². The van der Waals surface area contributed by atoms with Crippen LogP contribution in [0, 0.1) is 0 Å². The number of amides is 1. The molecule has 0 radical (unpaired) electrons. The first kappa shape index (κ1) is 17.3. The molecule has 0 aliphatic carbocycles. The van der Waals surface area contributed by atoms with Crippen molar-refractivity contribution in [3.8, 4) is 0 Å². The maximum Gasteiger partial charge on any atom is 0.255 e. The first-order valence-electron chi connectivity index (χ1n) is 9.06. The fourth-order valence-corrected chi connectivity index (χ4v) is 3.70. The third-order valence-corrected chi connectivity index (χ3v) is 4.98. The summed E-state index contributed by atoms with van der Waals surface area (Å²) in [4.78, 5) is 17.3. The van der Waals surface area contributed by atoms with Crippen LogP contribution in [0.25, 0.3) is 0 Å². The van der Waals surface area contributed by atoms with E-state index in [4.69, 9.17) is 0 Å². The molecule has 3 heteroatoms. The minimum Gasteiger partial charge on any atom is -0.380 e. The summed E-state index contributed by atoms with van der Waals surface area (Å²) in [6.07, 6.45) is 5.23. The van der Waals surface area contributed by atoms with Crippen LogP contribution in [-0.4, -0.2) is 29.3 Å². The lowest BCUT2D eigenvalue weighted by Crippen LogP contribution is -2.45. The monoisotopic (exact) mass is 334 g/mol. The number of nitrogens with zero attached hydrogens (tertiary/aromatic N) is 2. The van der Waals surface area contributed by atoms with Crippen molar-refractivity contribution in [3.05, 3.63) is 83.6 Å². The van der Waals surface area contributed by atoms with E-state index in [0.717, 1.165) is 24.1 Å². The largest absolute Gasteiger partial charge is 0.380 e. The molecule has 3 nitrogen and oxygen atoms in total. The number of carbonyl (C=O) groups is 1. The third kappa shape index (κ3) is 2.95. The zero-order chi connectivity index (χ0) is 17.9. The summed E-state index contributed by atoms with van der Waals surface area (Å²) in [5.74, 6) is 0.138. The van der Waals surface area contributed by atoms with Crippen molar-refractivity contribution in [2.75, 3.05) is 13.6 Å². The zero-order valence-electron chi connectivity index (χ0n) is 15.3. The smallest absolute Gasteiger partial charge is 0.255 e. The molecule has 1 atom stereocenters. The number of hydrogen-bond donors (Lipinski definition) is 0. The van der Waals surface area contributed by atoms with Crippen molar-refractivity contribution in [1.82, 2.24) is 9.80 Å². The van der Waals surface area contributed by atoms with Crippen LogP contribution in [0.5, 0.6) is 0 Å². The Labute approximate surface area is 150 Å². The minimum absolute atomic E-state index is 0.138. The average molecular weight is 334 g/mol. The van der Waals surface area contributed by atoms with E-state index in [2.05, 4.69) is 42.4 Å². The van der Waals surface area contributed by atoms with Gasteiger partial charge in [0, 0.05) is 25.7 Å². The molecule has 130 valence electrons. The van der Waals surface area contributed by atoms with Crippen LogP contribution < -0.4 is 0 Å². The second-order valence-electron chi connectivity index (χ2n) is 6.39. The molecule has 0 N–H and O–H groups in total. The number of carbonyl (C=O) groups excluding carboxylic acids is 1. The molecule has 0 fully saturated rings. The Balaban J connectivity index is 0.000000880. The van der Waals surface area contributed by atoms with Crippen molar-refractivity contribution >= 4 is 5.91 Å². The normalized spacial score (nSPS) is 21.2. The lowest BCUT2D eigenvalue weighted by Gasteiger charge is -2.41. The SMILES string of the molecule is CC.CN1C=CC2(CC1)c1ccccc1C(=O)N2Cc1ccccc1. The van der Waals surface area contributed by atoms with Gasteiger partial charge in [0.25, 0.3) is 5.91 Å². The van der Waals surface area contributed by atoms with E-state index < -0.39 is 0 Å². The summed E-state index contributed by atoms with van der Waals surface area (Å²) in [5.41, 5.74) is 2.85. The number of benzene rings is 2. The highest BCUT2D eigenvalue weighted by Gasteiger charge is 2.48. The standard InChI is InChI=1S/C20H20N2O.C2H6/c1-21-13-11-20(12-14-21)18-10-6-5-9-17(18)19(23)22(20)15-16-7-3-2-4-8-16;1-2/h2-11,13H,12,14-15H2,1H3;1-2H3. The maximum absolute atomic E-state index is 13.0. The Morgan fingerprint density at radius 1 is 1.00 bits per heavy atom. The van der Waals surface area contributed by atoms with Crippen molar-refractivity contribution in [3.63, 3.8) is 0 Å². The predicted molar refractivity (Wildman–Crippen MR) is 102 cm³/mol. The number of fused-ring (bicyclic) bond motifs is 2. The highest BCUT2D eigenvalue weighted by atomic mass is 16.2. The number of hydrogen-bond acceptors (Lipinski definition) is 2. The van der Waals surface area contributed by atoms with Crippen LogP contribution in [0.15, 0.2) is 66.9 Å². The van der Waals surface area contributed by atoms with E-state index in [0.29, 0.717) is 6.54 Å².